The molecule has 13 heteroatoms. The van der Waals surface area contributed by atoms with E-state index in [4.69, 9.17) is 23.6 Å². The van der Waals surface area contributed by atoms with E-state index in [0.29, 0.717) is 62.9 Å². The molecule has 0 saturated carbocycles. The van der Waals surface area contributed by atoms with E-state index < -0.39 is 0 Å². The summed E-state index contributed by atoms with van der Waals surface area (Å²) in [4.78, 5) is 49.3. The van der Waals surface area contributed by atoms with Crippen LogP contribution < -0.4 is 29.7 Å². The first-order valence-electron chi connectivity index (χ1n) is 17.6. The Bertz CT molecular complexity index is 1840. The highest BCUT2D eigenvalue weighted by Gasteiger charge is 2.28. The zero-order chi connectivity index (χ0) is 35.9. The molecule has 2 aliphatic heterocycles. The number of aromatic nitrogens is 1. The predicted octanol–water partition coefficient (Wildman–Crippen LogP) is 4.10. The lowest BCUT2D eigenvalue weighted by Crippen LogP contribution is -2.47. The molecule has 1 atom stereocenters. The molecule has 2 aromatic heterocycles. The number of nitrogens with one attached hydrogen (secondary N) is 2. The van der Waals surface area contributed by atoms with Gasteiger partial charge in [-0.05, 0) is 56.3 Å². The molecule has 1 unspecified atom stereocenters. The Hall–Kier alpha value is -5.04. The summed E-state index contributed by atoms with van der Waals surface area (Å²) in [6.07, 6.45) is 3.32. The van der Waals surface area contributed by atoms with Crippen molar-refractivity contribution in [2.24, 2.45) is 5.92 Å². The fourth-order valence-corrected chi connectivity index (χ4v) is 7.16. The number of para-hydroxylation sites is 1. The van der Waals surface area contributed by atoms with Gasteiger partial charge < -0.3 is 39.1 Å². The van der Waals surface area contributed by atoms with Gasteiger partial charge in [-0.15, -0.1) is 0 Å². The summed E-state index contributed by atoms with van der Waals surface area (Å²) < 4.78 is 23.6. The fourth-order valence-electron chi connectivity index (χ4n) is 7.16. The number of amides is 3. The maximum Gasteiger partial charge on any atom is 0.242 e. The molecule has 0 aliphatic carbocycles. The zero-order valence-electron chi connectivity index (χ0n) is 30.0. The van der Waals surface area contributed by atoms with Crippen molar-refractivity contribution in [3.05, 3.63) is 53.8 Å². The normalized spacial score (nSPS) is 17.9. The van der Waals surface area contributed by atoms with E-state index in [1.54, 1.807) is 26.2 Å². The third kappa shape index (κ3) is 8.47. The quantitative estimate of drug-likeness (QED) is 0.290. The SMILES string of the molecule is COc1cc2nc3c(cc2c(OC)c1OC)CN(Cc1cc2ccccc2o1)CCCCN(C(=O)CNC(C)=O)CC(=O)NCC1CCCN3C1. The predicted molar refractivity (Wildman–Crippen MR) is 194 cm³/mol. The lowest BCUT2D eigenvalue weighted by atomic mass is 9.97. The number of benzene rings is 2. The summed E-state index contributed by atoms with van der Waals surface area (Å²) in [6, 6.07) is 14.1. The van der Waals surface area contributed by atoms with Crippen LogP contribution in [0.4, 0.5) is 5.82 Å². The molecule has 4 aromatic rings. The molecular formula is C38H48N6O7. The minimum atomic E-state index is -0.289. The monoisotopic (exact) mass is 700 g/mol. The summed E-state index contributed by atoms with van der Waals surface area (Å²) in [7, 11) is 4.82. The van der Waals surface area contributed by atoms with Gasteiger partial charge in [-0.2, -0.15) is 0 Å². The van der Waals surface area contributed by atoms with Crippen LogP contribution >= 0.6 is 0 Å². The Morgan fingerprint density at radius 1 is 0.980 bits per heavy atom. The van der Waals surface area contributed by atoms with Gasteiger partial charge in [0.25, 0.3) is 0 Å². The fraction of sp³-hybridized carbons (Fsp3) is 0.474. The Labute approximate surface area is 298 Å². The lowest BCUT2D eigenvalue weighted by Gasteiger charge is -2.36. The van der Waals surface area contributed by atoms with Crippen LogP contribution in [0, 0.1) is 5.92 Å². The molecule has 2 aromatic carbocycles. The average Bonchev–Trinajstić information content (AvgIpc) is 3.55. The minimum Gasteiger partial charge on any atom is -0.493 e. The van der Waals surface area contributed by atoms with Gasteiger partial charge in [-0.3, -0.25) is 19.3 Å². The number of furan rings is 1. The second-order valence-corrected chi connectivity index (χ2v) is 13.3. The number of pyridine rings is 1. The summed E-state index contributed by atoms with van der Waals surface area (Å²) in [5.41, 5.74) is 2.61. The summed E-state index contributed by atoms with van der Waals surface area (Å²) in [6.45, 7) is 5.43. The van der Waals surface area contributed by atoms with Crippen molar-refractivity contribution in [2.75, 3.05) is 72.0 Å². The average molecular weight is 701 g/mol. The van der Waals surface area contributed by atoms with E-state index in [-0.39, 0.29) is 36.7 Å². The van der Waals surface area contributed by atoms with Crippen molar-refractivity contribution in [1.82, 2.24) is 25.4 Å². The number of anilines is 1. The third-order valence-corrected chi connectivity index (χ3v) is 9.66. The van der Waals surface area contributed by atoms with Crippen LogP contribution in [0.2, 0.25) is 0 Å². The van der Waals surface area contributed by atoms with Gasteiger partial charge in [-0.1, -0.05) is 18.2 Å². The van der Waals surface area contributed by atoms with E-state index in [2.05, 4.69) is 32.6 Å². The standard InChI is InChI=1S/C38H48N6O7/c1-25(45)39-20-35(47)43-14-8-7-13-42(23-29-16-27-11-5-6-12-32(27)51-29)22-28-17-30-31(18-33(48-2)37(50-4)36(30)49-3)41-38(28)44-15-9-10-26(21-44)19-40-34(46)24-43/h5-6,11-12,16-18,26H,7-10,13-15,19-24H2,1-4H3,(H,39,45)(H,40,46). The summed E-state index contributed by atoms with van der Waals surface area (Å²) in [5.74, 6) is 2.76. The van der Waals surface area contributed by atoms with Crippen molar-refractivity contribution < 1.29 is 33.0 Å². The summed E-state index contributed by atoms with van der Waals surface area (Å²) in [5, 5.41) is 7.53. The molecule has 2 N–H and O–H groups in total. The van der Waals surface area contributed by atoms with E-state index in [1.165, 1.54) is 6.92 Å². The second-order valence-electron chi connectivity index (χ2n) is 13.3. The molecule has 272 valence electrons. The van der Waals surface area contributed by atoms with Gasteiger partial charge >= 0.3 is 0 Å². The molecule has 13 nitrogen and oxygen atoms in total. The van der Waals surface area contributed by atoms with Gasteiger partial charge in [0.2, 0.25) is 23.5 Å². The van der Waals surface area contributed by atoms with Crippen molar-refractivity contribution in [1.29, 1.82) is 0 Å². The molecule has 2 aliphatic rings. The Morgan fingerprint density at radius 3 is 2.55 bits per heavy atom. The number of rotatable bonds is 7. The Kier molecular flexibility index (Phi) is 11.4. The third-order valence-electron chi connectivity index (χ3n) is 9.66. The smallest absolute Gasteiger partial charge is 0.242 e. The van der Waals surface area contributed by atoms with Crippen molar-refractivity contribution in [3.8, 4) is 17.2 Å². The number of nitrogens with zero attached hydrogens (tertiary/aromatic N) is 4. The molecule has 6 rings (SSSR count). The first-order valence-corrected chi connectivity index (χ1v) is 17.6. The topological polar surface area (TPSA) is 139 Å². The zero-order valence-corrected chi connectivity index (χ0v) is 30.0. The molecular weight excluding hydrogens is 652 g/mol. The number of carbonyl (C=O) groups excluding carboxylic acids is 3. The van der Waals surface area contributed by atoms with Gasteiger partial charge in [0, 0.05) is 62.0 Å². The second kappa shape index (κ2) is 16.3. The van der Waals surface area contributed by atoms with Crippen LogP contribution in [0.3, 0.4) is 0 Å². The van der Waals surface area contributed by atoms with Crippen molar-refractivity contribution >= 4 is 45.4 Å². The Balaban J connectivity index is 1.39. The number of piperidine rings is 1. The number of ether oxygens (including phenoxy) is 3. The molecule has 0 radical (unpaired) electrons. The van der Waals surface area contributed by atoms with E-state index in [0.717, 1.165) is 64.8 Å². The molecule has 3 amide bonds. The van der Waals surface area contributed by atoms with Crippen molar-refractivity contribution in [2.45, 2.75) is 45.7 Å². The van der Waals surface area contributed by atoms with Crippen LogP contribution in [0.1, 0.15) is 43.9 Å². The van der Waals surface area contributed by atoms with Crippen LogP contribution in [0.15, 0.2) is 46.9 Å². The summed E-state index contributed by atoms with van der Waals surface area (Å²) >= 11 is 0. The van der Waals surface area contributed by atoms with Crippen LogP contribution in [-0.2, 0) is 27.5 Å². The molecule has 0 spiro atoms. The maximum atomic E-state index is 13.2. The number of hydrogen-bond donors (Lipinski definition) is 2. The highest BCUT2D eigenvalue weighted by atomic mass is 16.5. The first-order chi connectivity index (χ1) is 24.8. The van der Waals surface area contributed by atoms with Crippen LogP contribution in [0.25, 0.3) is 21.9 Å². The van der Waals surface area contributed by atoms with Gasteiger partial charge in [0.05, 0.1) is 46.5 Å². The molecule has 51 heavy (non-hydrogen) atoms. The number of carbonyl (C=O) groups is 3. The first kappa shape index (κ1) is 35.8. The highest BCUT2D eigenvalue weighted by molar-refractivity contribution is 5.92. The number of methoxy groups -OCH3 is 3. The van der Waals surface area contributed by atoms with E-state index in [1.807, 2.05) is 30.3 Å². The van der Waals surface area contributed by atoms with Crippen LogP contribution in [0.5, 0.6) is 17.2 Å². The van der Waals surface area contributed by atoms with E-state index in [9.17, 15) is 14.4 Å². The van der Waals surface area contributed by atoms with Gasteiger partial charge in [0.15, 0.2) is 11.5 Å². The number of hydrogen-bond acceptors (Lipinski definition) is 10. The molecule has 2 bridgehead atoms. The van der Waals surface area contributed by atoms with Gasteiger partial charge in [-0.25, -0.2) is 4.98 Å². The molecule has 4 heterocycles. The minimum absolute atomic E-state index is 0.0545. The lowest BCUT2D eigenvalue weighted by molar-refractivity contribution is -0.136. The van der Waals surface area contributed by atoms with Crippen molar-refractivity contribution in [3.63, 3.8) is 0 Å². The largest absolute Gasteiger partial charge is 0.493 e. The molecule has 1 saturated heterocycles. The van der Waals surface area contributed by atoms with Gasteiger partial charge in [0.1, 0.15) is 17.2 Å². The molecule has 1 fully saturated rings. The van der Waals surface area contributed by atoms with E-state index >= 15 is 0 Å². The Morgan fingerprint density at radius 2 is 1.78 bits per heavy atom. The number of fused-ring (bicyclic) bond motifs is 6. The highest BCUT2D eigenvalue weighted by Crippen LogP contribution is 2.44. The maximum absolute atomic E-state index is 13.2. The van der Waals surface area contributed by atoms with Crippen LogP contribution in [-0.4, -0.2) is 99.6 Å².